The summed E-state index contributed by atoms with van der Waals surface area (Å²) >= 11 is 0. The Morgan fingerprint density at radius 1 is 1.50 bits per heavy atom. The summed E-state index contributed by atoms with van der Waals surface area (Å²) in [4.78, 5) is 4.19. The van der Waals surface area contributed by atoms with Gasteiger partial charge in [0.15, 0.2) is 0 Å². The smallest absolute Gasteiger partial charge is 0.130 e. The van der Waals surface area contributed by atoms with E-state index >= 15 is 0 Å². The highest BCUT2D eigenvalue weighted by atomic mass is 16.5. The van der Waals surface area contributed by atoms with E-state index in [2.05, 4.69) is 18.0 Å². The largest absolute Gasteiger partial charge is 0.491 e. The summed E-state index contributed by atoms with van der Waals surface area (Å²) in [6.07, 6.45) is 1.01. The van der Waals surface area contributed by atoms with E-state index in [0.29, 0.717) is 19.0 Å². The lowest BCUT2D eigenvalue weighted by Gasteiger charge is -2.08. The summed E-state index contributed by atoms with van der Waals surface area (Å²) in [5, 5.41) is 0. The number of nitrogens with two attached hydrogens (primary N) is 1. The van der Waals surface area contributed by atoms with Gasteiger partial charge >= 0.3 is 0 Å². The number of fused-ring (bicyclic) bond motifs is 1. The highest BCUT2D eigenvalue weighted by Gasteiger charge is 2.11. The zero-order valence-corrected chi connectivity index (χ0v) is 8.29. The van der Waals surface area contributed by atoms with E-state index in [1.165, 1.54) is 5.56 Å². The third-order valence-corrected chi connectivity index (χ3v) is 2.36. The van der Waals surface area contributed by atoms with Gasteiger partial charge in [0.05, 0.1) is 12.1 Å². The van der Waals surface area contributed by atoms with Crippen LogP contribution in [0.3, 0.4) is 0 Å². The quantitative estimate of drug-likeness (QED) is 0.726. The molecule has 0 saturated heterocycles. The van der Waals surface area contributed by atoms with E-state index in [-0.39, 0.29) is 0 Å². The van der Waals surface area contributed by atoms with Crippen molar-refractivity contribution in [3.63, 3.8) is 0 Å². The minimum Gasteiger partial charge on any atom is -0.491 e. The van der Waals surface area contributed by atoms with Crippen molar-refractivity contribution in [2.24, 2.45) is 10.7 Å². The highest BCUT2D eigenvalue weighted by Crippen LogP contribution is 2.22. The summed E-state index contributed by atoms with van der Waals surface area (Å²) in [7, 11) is 0. The maximum absolute atomic E-state index is 5.81. The standard InChI is InChI=1S/C11H14N2O/c1-2-8-3-4-9-10(7-8)14-6-5-13-11(9)12/h3-4,7H,2,5-6H2,1H3,(H2,12,13). The first-order valence-electron chi connectivity index (χ1n) is 4.87. The fourth-order valence-electron chi connectivity index (χ4n) is 1.52. The minimum absolute atomic E-state index is 0.583. The molecule has 0 spiro atoms. The van der Waals surface area contributed by atoms with Gasteiger partial charge in [-0.25, -0.2) is 0 Å². The van der Waals surface area contributed by atoms with Crippen molar-refractivity contribution in [1.29, 1.82) is 0 Å². The van der Waals surface area contributed by atoms with Gasteiger partial charge in [-0.3, -0.25) is 4.99 Å². The summed E-state index contributed by atoms with van der Waals surface area (Å²) in [5.74, 6) is 1.45. The zero-order valence-electron chi connectivity index (χ0n) is 8.29. The van der Waals surface area contributed by atoms with Gasteiger partial charge in [-0.15, -0.1) is 0 Å². The molecule has 1 heterocycles. The van der Waals surface area contributed by atoms with Crippen molar-refractivity contribution >= 4 is 5.84 Å². The first-order valence-corrected chi connectivity index (χ1v) is 4.87. The predicted molar refractivity (Wildman–Crippen MR) is 56.9 cm³/mol. The van der Waals surface area contributed by atoms with Gasteiger partial charge in [0, 0.05) is 0 Å². The molecule has 2 N–H and O–H groups in total. The van der Waals surface area contributed by atoms with Crippen LogP contribution in [0.25, 0.3) is 0 Å². The molecule has 3 heteroatoms. The molecule has 0 radical (unpaired) electrons. The third-order valence-electron chi connectivity index (χ3n) is 2.36. The number of amidine groups is 1. The van der Waals surface area contributed by atoms with Crippen LogP contribution in [0.2, 0.25) is 0 Å². The summed E-state index contributed by atoms with van der Waals surface area (Å²) < 4.78 is 5.57. The molecule has 0 unspecified atom stereocenters. The number of aryl methyl sites for hydroxylation is 1. The zero-order chi connectivity index (χ0) is 9.97. The average Bonchev–Trinajstić information content (AvgIpc) is 2.40. The molecule has 0 aliphatic carbocycles. The third kappa shape index (κ3) is 1.58. The van der Waals surface area contributed by atoms with Gasteiger partial charge < -0.3 is 10.5 Å². The number of ether oxygens (including phenoxy) is 1. The second-order valence-corrected chi connectivity index (χ2v) is 3.30. The Kier molecular flexibility index (Phi) is 2.39. The molecule has 1 aromatic rings. The van der Waals surface area contributed by atoms with E-state index < -0.39 is 0 Å². The normalized spacial score (nSPS) is 15.1. The van der Waals surface area contributed by atoms with Crippen molar-refractivity contribution in [3.8, 4) is 5.75 Å². The molecule has 0 bridgehead atoms. The lowest BCUT2D eigenvalue weighted by atomic mass is 10.1. The Morgan fingerprint density at radius 2 is 2.36 bits per heavy atom. The molecule has 3 nitrogen and oxygen atoms in total. The van der Waals surface area contributed by atoms with Crippen LogP contribution in [0.4, 0.5) is 0 Å². The van der Waals surface area contributed by atoms with Crippen LogP contribution >= 0.6 is 0 Å². The molecule has 1 aromatic carbocycles. The molecular weight excluding hydrogens is 176 g/mol. The van der Waals surface area contributed by atoms with Gasteiger partial charge in [0.1, 0.15) is 18.2 Å². The maximum atomic E-state index is 5.81. The number of benzene rings is 1. The molecule has 0 atom stereocenters. The molecule has 0 saturated carbocycles. The highest BCUT2D eigenvalue weighted by molar-refractivity contribution is 6.00. The van der Waals surface area contributed by atoms with Crippen molar-refractivity contribution < 1.29 is 4.74 Å². The van der Waals surface area contributed by atoms with Crippen LogP contribution in [0, 0.1) is 0 Å². The van der Waals surface area contributed by atoms with Crippen molar-refractivity contribution in [1.82, 2.24) is 0 Å². The molecule has 14 heavy (non-hydrogen) atoms. The van der Waals surface area contributed by atoms with Crippen LogP contribution in [-0.2, 0) is 6.42 Å². The van der Waals surface area contributed by atoms with Gasteiger partial charge in [-0.2, -0.15) is 0 Å². The topological polar surface area (TPSA) is 47.6 Å². The SMILES string of the molecule is CCc1ccc2c(c1)OCCN=C2N. The lowest BCUT2D eigenvalue weighted by molar-refractivity contribution is 0.331. The van der Waals surface area contributed by atoms with Crippen LogP contribution < -0.4 is 10.5 Å². The molecule has 0 aromatic heterocycles. The Bertz CT molecular complexity index is 372. The maximum Gasteiger partial charge on any atom is 0.130 e. The second-order valence-electron chi connectivity index (χ2n) is 3.30. The minimum atomic E-state index is 0.583. The van der Waals surface area contributed by atoms with Gasteiger partial charge in [-0.1, -0.05) is 13.0 Å². The monoisotopic (exact) mass is 190 g/mol. The molecule has 74 valence electrons. The van der Waals surface area contributed by atoms with Crippen molar-refractivity contribution in [3.05, 3.63) is 29.3 Å². The van der Waals surface area contributed by atoms with Crippen LogP contribution in [-0.4, -0.2) is 19.0 Å². The number of hydrogen-bond acceptors (Lipinski definition) is 3. The average molecular weight is 190 g/mol. The number of nitrogens with zero attached hydrogens (tertiary/aromatic N) is 1. The van der Waals surface area contributed by atoms with Crippen molar-refractivity contribution in [2.75, 3.05) is 13.2 Å². The fourth-order valence-corrected chi connectivity index (χ4v) is 1.52. The molecular formula is C11H14N2O. The first-order chi connectivity index (χ1) is 6.81. The van der Waals surface area contributed by atoms with Crippen LogP contribution in [0.15, 0.2) is 23.2 Å². The van der Waals surface area contributed by atoms with Crippen molar-refractivity contribution in [2.45, 2.75) is 13.3 Å². The number of rotatable bonds is 1. The van der Waals surface area contributed by atoms with Gasteiger partial charge in [-0.05, 0) is 24.1 Å². The summed E-state index contributed by atoms with van der Waals surface area (Å²) in [6.45, 7) is 3.37. The lowest BCUT2D eigenvalue weighted by Crippen LogP contribution is -2.13. The molecule has 0 amide bonds. The Morgan fingerprint density at radius 3 is 3.14 bits per heavy atom. The van der Waals surface area contributed by atoms with E-state index in [9.17, 15) is 0 Å². The molecule has 0 fully saturated rings. The van der Waals surface area contributed by atoms with E-state index in [1.807, 2.05) is 12.1 Å². The Labute approximate surface area is 83.6 Å². The first kappa shape index (κ1) is 9.06. The van der Waals surface area contributed by atoms with Gasteiger partial charge in [0.2, 0.25) is 0 Å². The summed E-state index contributed by atoms with van der Waals surface area (Å²) in [5.41, 5.74) is 7.99. The van der Waals surface area contributed by atoms with Crippen LogP contribution in [0.1, 0.15) is 18.1 Å². The molecule has 1 aliphatic rings. The predicted octanol–water partition coefficient (Wildman–Crippen LogP) is 1.35. The van der Waals surface area contributed by atoms with E-state index in [1.54, 1.807) is 0 Å². The number of hydrogen-bond donors (Lipinski definition) is 1. The Balaban J connectivity index is 2.46. The van der Waals surface area contributed by atoms with E-state index in [0.717, 1.165) is 17.7 Å². The number of aliphatic imine (C=N–C) groups is 1. The van der Waals surface area contributed by atoms with E-state index in [4.69, 9.17) is 10.5 Å². The van der Waals surface area contributed by atoms with Gasteiger partial charge in [0.25, 0.3) is 0 Å². The Hall–Kier alpha value is -1.51. The summed E-state index contributed by atoms with van der Waals surface area (Å²) in [6, 6.07) is 6.09. The molecule has 1 aliphatic heterocycles. The van der Waals surface area contributed by atoms with Crippen LogP contribution in [0.5, 0.6) is 5.75 Å². The second kappa shape index (κ2) is 3.70. The molecule has 2 rings (SSSR count). The fraction of sp³-hybridized carbons (Fsp3) is 0.364.